The Morgan fingerprint density at radius 1 is 1.13 bits per heavy atom. The highest BCUT2D eigenvalue weighted by atomic mass is 16.2. The molecular formula is C12H22N2O. The van der Waals surface area contributed by atoms with E-state index in [1.165, 1.54) is 25.7 Å². The fraction of sp³-hybridized carbons (Fsp3) is 0.917. The van der Waals surface area contributed by atoms with Crippen LogP contribution in [0.5, 0.6) is 0 Å². The quantitative estimate of drug-likeness (QED) is 0.767. The van der Waals surface area contributed by atoms with Crippen molar-refractivity contribution in [2.45, 2.75) is 44.9 Å². The highest BCUT2D eigenvalue weighted by molar-refractivity contribution is 5.77. The van der Waals surface area contributed by atoms with Crippen LogP contribution in [0.1, 0.15) is 44.9 Å². The van der Waals surface area contributed by atoms with Crippen molar-refractivity contribution in [3.8, 4) is 0 Å². The molecule has 0 aromatic rings. The molecule has 0 atom stereocenters. The summed E-state index contributed by atoms with van der Waals surface area (Å²) in [4.78, 5) is 14.1. The van der Waals surface area contributed by atoms with Crippen molar-refractivity contribution >= 4 is 5.91 Å². The van der Waals surface area contributed by atoms with E-state index in [2.05, 4.69) is 0 Å². The summed E-state index contributed by atoms with van der Waals surface area (Å²) >= 11 is 0. The normalized spacial score (nSPS) is 24.7. The first-order valence-corrected chi connectivity index (χ1v) is 6.24. The summed E-state index contributed by atoms with van der Waals surface area (Å²) in [6.45, 7) is 2.63. The van der Waals surface area contributed by atoms with Gasteiger partial charge in [0.15, 0.2) is 0 Å². The Morgan fingerprint density at radius 2 is 1.73 bits per heavy atom. The lowest BCUT2D eigenvalue weighted by molar-refractivity contribution is -0.132. The van der Waals surface area contributed by atoms with Gasteiger partial charge in [0.2, 0.25) is 5.91 Å². The van der Waals surface area contributed by atoms with Crippen LogP contribution in [0.15, 0.2) is 0 Å². The monoisotopic (exact) mass is 210 g/mol. The number of likely N-dealkylation sites (tertiary alicyclic amines) is 1. The van der Waals surface area contributed by atoms with E-state index in [-0.39, 0.29) is 5.41 Å². The summed E-state index contributed by atoms with van der Waals surface area (Å²) in [5.41, 5.74) is 6.00. The Bertz CT molecular complexity index is 228. The molecule has 0 spiro atoms. The van der Waals surface area contributed by atoms with E-state index in [1.54, 1.807) is 0 Å². The van der Waals surface area contributed by atoms with Gasteiger partial charge in [0.25, 0.3) is 0 Å². The van der Waals surface area contributed by atoms with Crippen molar-refractivity contribution in [3.05, 3.63) is 0 Å². The molecule has 1 saturated heterocycles. The lowest BCUT2D eigenvalue weighted by Crippen LogP contribution is -2.36. The average molecular weight is 210 g/mol. The Balaban J connectivity index is 1.91. The highest BCUT2D eigenvalue weighted by Gasteiger charge is 2.36. The smallest absolute Gasteiger partial charge is 0.223 e. The summed E-state index contributed by atoms with van der Waals surface area (Å²) < 4.78 is 0. The zero-order chi connectivity index (χ0) is 10.7. The van der Waals surface area contributed by atoms with Crippen LogP contribution in [-0.2, 0) is 4.79 Å². The van der Waals surface area contributed by atoms with Crippen LogP contribution < -0.4 is 5.73 Å². The van der Waals surface area contributed by atoms with Crippen molar-refractivity contribution < 1.29 is 4.79 Å². The maximum Gasteiger partial charge on any atom is 0.223 e. The molecule has 0 aromatic carbocycles. The molecule has 0 radical (unpaired) electrons. The first-order valence-electron chi connectivity index (χ1n) is 6.24. The standard InChI is InChI=1S/C12H22N2O/c13-10-12(5-1-2-6-12)9-11(15)14-7-3-4-8-14/h1-10,13H2. The minimum Gasteiger partial charge on any atom is -0.343 e. The molecular weight excluding hydrogens is 188 g/mol. The van der Waals surface area contributed by atoms with E-state index < -0.39 is 0 Å². The maximum absolute atomic E-state index is 12.0. The Hall–Kier alpha value is -0.570. The number of nitrogens with zero attached hydrogens (tertiary/aromatic N) is 1. The summed E-state index contributed by atoms with van der Waals surface area (Å²) in [6.07, 6.45) is 7.88. The van der Waals surface area contributed by atoms with Crippen LogP contribution in [0.3, 0.4) is 0 Å². The molecule has 2 fully saturated rings. The third kappa shape index (κ3) is 2.33. The Morgan fingerprint density at radius 3 is 2.27 bits per heavy atom. The lowest BCUT2D eigenvalue weighted by atomic mass is 9.82. The molecule has 1 saturated carbocycles. The third-order valence-corrected chi connectivity index (χ3v) is 4.08. The highest BCUT2D eigenvalue weighted by Crippen LogP contribution is 2.40. The predicted octanol–water partition coefficient (Wildman–Crippen LogP) is 1.52. The number of carbonyl (C=O) groups excluding carboxylic acids is 1. The molecule has 1 aliphatic carbocycles. The van der Waals surface area contributed by atoms with Crippen LogP contribution in [0.2, 0.25) is 0 Å². The van der Waals surface area contributed by atoms with Gasteiger partial charge in [-0.25, -0.2) is 0 Å². The Kier molecular flexibility index (Phi) is 3.29. The Labute approximate surface area is 92.0 Å². The fourth-order valence-corrected chi connectivity index (χ4v) is 2.98. The molecule has 1 heterocycles. The van der Waals surface area contributed by atoms with Gasteiger partial charge in [-0.2, -0.15) is 0 Å². The predicted molar refractivity (Wildman–Crippen MR) is 60.4 cm³/mol. The van der Waals surface area contributed by atoms with Crippen molar-refractivity contribution in [1.29, 1.82) is 0 Å². The van der Waals surface area contributed by atoms with Gasteiger partial charge >= 0.3 is 0 Å². The van der Waals surface area contributed by atoms with E-state index >= 15 is 0 Å². The van der Waals surface area contributed by atoms with Gasteiger partial charge in [-0.15, -0.1) is 0 Å². The maximum atomic E-state index is 12.0. The molecule has 2 N–H and O–H groups in total. The summed E-state index contributed by atoms with van der Waals surface area (Å²) in [6, 6.07) is 0. The lowest BCUT2D eigenvalue weighted by Gasteiger charge is -2.28. The number of carbonyl (C=O) groups is 1. The molecule has 86 valence electrons. The van der Waals surface area contributed by atoms with Gasteiger partial charge in [-0.05, 0) is 37.6 Å². The zero-order valence-electron chi connectivity index (χ0n) is 9.50. The second-order valence-electron chi connectivity index (χ2n) is 5.18. The number of nitrogens with two attached hydrogens (primary N) is 1. The van der Waals surface area contributed by atoms with Gasteiger partial charge in [0.05, 0.1) is 0 Å². The van der Waals surface area contributed by atoms with E-state index in [9.17, 15) is 4.79 Å². The van der Waals surface area contributed by atoms with Crippen molar-refractivity contribution in [2.75, 3.05) is 19.6 Å². The average Bonchev–Trinajstić information content (AvgIpc) is 2.88. The van der Waals surface area contributed by atoms with E-state index in [4.69, 9.17) is 5.73 Å². The summed E-state index contributed by atoms with van der Waals surface area (Å²) in [7, 11) is 0. The number of rotatable bonds is 3. The molecule has 3 nitrogen and oxygen atoms in total. The number of hydrogen-bond donors (Lipinski definition) is 1. The molecule has 2 aliphatic rings. The van der Waals surface area contributed by atoms with Gasteiger partial charge < -0.3 is 10.6 Å². The van der Waals surface area contributed by atoms with Gasteiger partial charge in [0.1, 0.15) is 0 Å². The van der Waals surface area contributed by atoms with Crippen molar-refractivity contribution in [2.24, 2.45) is 11.1 Å². The minimum atomic E-state index is 0.152. The SMILES string of the molecule is NCC1(CC(=O)N2CCCC2)CCCC1. The fourth-order valence-electron chi connectivity index (χ4n) is 2.98. The van der Waals surface area contributed by atoms with Gasteiger partial charge in [-0.3, -0.25) is 4.79 Å². The summed E-state index contributed by atoms with van der Waals surface area (Å²) in [5, 5.41) is 0. The van der Waals surface area contributed by atoms with Gasteiger partial charge in [0, 0.05) is 19.5 Å². The number of hydrogen-bond acceptors (Lipinski definition) is 2. The molecule has 1 aliphatic heterocycles. The van der Waals surface area contributed by atoms with Crippen molar-refractivity contribution in [3.63, 3.8) is 0 Å². The molecule has 1 amide bonds. The second kappa shape index (κ2) is 4.52. The largest absolute Gasteiger partial charge is 0.343 e. The topological polar surface area (TPSA) is 46.3 Å². The zero-order valence-corrected chi connectivity index (χ0v) is 9.50. The van der Waals surface area contributed by atoms with Crippen LogP contribution >= 0.6 is 0 Å². The van der Waals surface area contributed by atoms with Crippen LogP contribution in [0, 0.1) is 5.41 Å². The molecule has 2 rings (SSSR count). The summed E-state index contributed by atoms with van der Waals surface area (Å²) in [5.74, 6) is 0.347. The van der Waals surface area contributed by atoms with Gasteiger partial charge in [-0.1, -0.05) is 12.8 Å². The molecule has 15 heavy (non-hydrogen) atoms. The van der Waals surface area contributed by atoms with Crippen LogP contribution in [0.25, 0.3) is 0 Å². The first-order chi connectivity index (χ1) is 7.26. The van der Waals surface area contributed by atoms with E-state index in [0.717, 1.165) is 25.9 Å². The number of amides is 1. The van der Waals surface area contributed by atoms with Crippen LogP contribution in [0.4, 0.5) is 0 Å². The van der Waals surface area contributed by atoms with E-state index in [0.29, 0.717) is 18.9 Å². The third-order valence-electron chi connectivity index (χ3n) is 4.08. The van der Waals surface area contributed by atoms with Crippen LogP contribution in [-0.4, -0.2) is 30.4 Å². The second-order valence-corrected chi connectivity index (χ2v) is 5.18. The minimum absolute atomic E-state index is 0.152. The molecule has 3 heteroatoms. The van der Waals surface area contributed by atoms with Crippen molar-refractivity contribution in [1.82, 2.24) is 4.90 Å². The molecule has 0 bridgehead atoms. The molecule has 0 unspecified atom stereocenters. The van der Waals surface area contributed by atoms with E-state index in [1.807, 2.05) is 4.90 Å². The molecule has 0 aromatic heterocycles. The first kappa shape index (κ1) is 10.9.